The molecule has 0 bridgehead atoms. The molecule has 0 aromatic heterocycles. The van der Waals surface area contributed by atoms with Crippen LogP contribution in [0.3, 0.4) is 0 Å². The summed E-state index contributed by atoms with van der Waals surface area (Å²) >= 11 is 0. The highest BCUT2D eigenvalue weighted by Crippen LogP contribution is 2.19. The minimum atomic E-state index is -0.444. The highest BCUT2D eigenvalue weighted by Gasteiger charge is 2.26. The molecule has 0 saturated carbocycles. The van der Waals surface area contributed by atoms with E-state index in [9.17, 15) is 4.79 Å². The number of aliphatic imine (C=N–C) groups is 1. The number of nitrogens with one attached hydrogen (secondary N) is 1. The molecule has 1 rings (SSSR count). The summed E-state index contributed by atoms with van der Waals surface area (Å²) in [6.45, 7) is 9.02. The summed E-state index contributed by atoms with van der Waals surface area (Å²) in [7, 11) is 1.65. The fourth-order valence-electron chi connectivity index (χ4n) is 2.19. The first-order chi connectivity index (χ1) is 10.3. The van der Waals surface area contributed by atoms with Crippen LogP contribution in [0.15, 0.2) is 4.99 Å². The fraction of sp³-hybridized carbons (Fsp3) is 0.867. The molecule has 8 heteroatoms. The molecule has 136 valence electrons. The number of nitrogens with two attached hydrogens (primary N) is 1. The van der Waals surface area contributed by atoms with E-state index in [0.29, 0.717) is 44.7 Å². The van der Waals surface area contributed by atoms with Crippen molar-refractivity contribution in [3.63, 3.8) is 0 Å². The van der Waals surface area contributed by atoms with Crippen molar-refractivity contribution < 1.29 is 14.3 Å². The average Bonchev–Trinajstić information content (AvgIpc) is 2.44. The molecule has 1 aliphatic heterocycles. The van der Waals surface area contributed by atoms with Crippen molar-refractivity contribution in [3.05, 3.63) is 0 Å². The lowest BCUT2D eigenvalue weighted by Crippen LogP contribution is -2.42. The van der Waals surface area contributed by atoms with Crippen molar-refractivity contribution in [3.8, 4) is 0 Å². The molecule has 0 aliphatic carbocycles. The number of piperidine rings is 1. The SMILES string of the molecule is COCCNC(N)=NCC1CCN(C(=O)OC(C)(C)C)CC1.I. The molecule has 3 N–H and O–H groups in total. The number of methoxy groups -OCH3 is 1. The Labute approximate surface area is 156 Å². The summed E-state index contributed by atoms with van der Waals surface area (Å²) < 4.78 is 10.3. The van der Waals surface area contributed by atoms with Crippen molar-refractivity contribution in [2.75, 3.05) is 39.9 Å². The first kappa shape index (κ1) is 22.2. The van der Waals surface area contributed by atoms with Crippen LogP contribution in [-0.2, 0) is 9.47 Å². The van der Waals surface area contributed by atoms with Gasteiger partial charge < -0.3 is 25.4 Å². The molecule has 1 aliphatic rings. The maximum atomic E-state index is 12.0. The van der Waals surface area contributed by atoms with Gasteiger partial charge in [0.15, 0.2) is 5.96 Å². The molecular formula is C15H31IN4O3. The number of carbonyl (C=O) groups is 1. The Morgan fingerprint density at radius 2 is 1.96 bits per heavy atom. The predicted molar refractivity (Wildman–Crippen MR) is 102 cm³/mol. The van der Waals surface area contributed by atoms with Crippen LogP contribution >= 0.6 is 24.0 Å². The summed E-state index contributed by atoms with van der Waals surface area (Å²) in [4.78, 5) is 18.1. The zero-order valence-electron chi connectivity index (χ0n) is 14.6. The summed E-state index contributed by atoms with van der Waals surface area (Å²) in [5, 5.41) is 2.99. The number of likely N-dealkylation sites (tertiary alicyclic amines) is 1. The van der Waals surface area contributed by atoms with Crippen molar-refractivity contribution in [1.29, 1.82) is 0 Å². The van der Waals surface area contributed by atoms with Crippen LogP contribution in [-0.4, -0.2) is 62.4 Å². The third-order valence-electron chi connectivity index (χ3n) is 3.40. The second-order valence-electron chi connectivity index (χ2n) is 6.56. The zero-order valence-corrected chi connectivity index (χ0v) is 17.0. The van der Waals surface area contributed by atoms with Gasteiger partial charge in [0.25, 0.3) is 0 Å². The highest BCUT2D eigenvalue weighted by molar-refractivity contribution is 14.0. The Bertz CT molecular complexity index is 377. The topological polar surface area (TPSA) is 89.2 Å². The minimum absolute atomic E-state index is 0. The molecule has 0 spiro atoms. The number of nitrogens with zero attached hydrogens (tertiary/aromatic N) is 2. The van der Waals surface area contributed by atoms with Crippen molar-refractivity contribution in [2.24, 2.45) is 16.6 Å². The van der Waals surface area contributed by atoms with E-state index >= 15 is 0 Å². The summed E-state index contributed by atoms with van der Waals surface area (Å²) in [5.74, 6) is 0.910. The highest BCUT2D eigenvalue weighted by atomic mass is 127. The van der Waals surface area contributed by atoms with Crippen LogP contribution in [0.1, 0.15) is 33.6 Å². The monoisotopic (exact) mass is 442 g/mol. The maximum absolute atomic E-state index is 12.0. The van der Waals surface area contributed by atoms with Crippen molar-refractivity contribution >= 4 is 36.0 Å². The fourth-order valence-corrected chi connectivity index (χ4v) is 2.19. The van der Waals surface area contributed by atoms with Crippen LogP contribution in [0.5, 0.6) is 0 Å². The lowest BCUT2D eigenvalue weighted by atomic mass is 9.97. The standard InChI is InChI=1S/C15H30N4O3.HI/c1-15(2,3)22-14(20)19-8-5-12(6-9-19)11-18-13(16)17-7-10-21-4;/h12H,5-11H2,1-4H3,(H3,16,17,18);1H. The van der Waals surface area contributed by atoms with Gasteiger partial charge in [-0.25, -0.2) is 4.79 Å². The van der Waals surface area contributed by atoms with Gasteiger partial charge in [-0.3, -0.25) is 4.99 Å². The molecule has 23 heavy (non-hydrogen) atoms. The molecule has 1 amide bonds. The molecule has 0 aromatic carbocycles. The van der Waals surface area contributed by atoms with Gasteiger partial charge in [0.2, 0.25) is 0 Å². The van der Waals surface area contributed by atoms with Gasteiger partial charge in [-0.1, -0.05) is 0 Å². The van der Waals surface area contributed by atoms with Gasteiger partial charge >= 0.3 is 6.09 Å². The quantitative estimate of drug-likeness (QED) is 0.294. The van der Waals surface area contributed by atoms with Gasteiger partial charge in [0.05, 0.1) is 6.61 Å². The zero-order chi connectivity index (χ0) is 16.6. The normalized spacial score (nSPS) is 16.7. The second-order valence-corrected chi connectivity index (χ2v) is 6.56. The van der Waals surface area contributed by atoms with E-state index in [2.05, 4.69) is 10.3 Å². The van der Waals surface area contributed by atoms with Crippen molar-refractivity contribution in [2.45, 2.75) is 39.2 Å². The number of guanidine groups is 1. The van der Waals surface area contributed by atoms with E-state index in [4.69, 9.17) is 15.2 Å². The van der Waals surface area contributed by atoms with Crippen LogP contribution in [0, 0.1) is 5.92 Å². The molecule has 1 fully saturated rings. The summed E-state index contributed by atoms with van der Waals surface area (Å²) in [6.07, 6.45) is 1.62. The van der Waals surface area contributed by atoms with Gasteiger partial charge in [0, 0.05) is 33.3 Å². The van der Waals surface area contributed by atoms with E-state index in [-0.39, 0.29) is 30.1 Å². The average molecular weight is 442 g/mol. The Morgan fingerprint density at radius 3 is 2.48 bits per heavy atom. The number of ether oxygens (including phenoxy) is 2. The Kier molecular flexibility index (Phi) is 10.5. The molecule has 1 saturated heterocycles. The lowest BCUT2D eigenvalue weighted by molar-refractivity contribution is 0.0187. The molecule has 7 nitrogen and oxygen atoms in total. The Balaban J connectivity index is 0.00000484. The Hall–Kier alpha value is -0.770. The van der Waals surface area contributed by atoms with E-state index in [1.165, 1.54) is 0 Å². The van der Waals surface area contributed by atoms with Gasteiger partial charge in [-0.05, 0) is 39.5 Å². The van der Waals surface area contributed by atoms with Crippen LogP contribution < -0.4 is 11.1 Å². The number of rotatable bonds is 5. The van der Waals surface area contributed by atoms with E-state index in [1.54, 1.807) is 12.0 Å². The van der Waals surface area contributed by atoms with E-state index in [1.807, 2.05) is 20.8 Å². The third kappa shape index (κ3) is 9.85. The van der Waals surface area contributed by atoms with Gasteiger partial charge in [0.1, 0.15) is 5.60 Å². The minimum Gasteiger partial charge on any atom is -0.444 e. The Morgan fingerprint density at radius 1 is 1.35 bits per heavy atom. The van der Waals surface area contributed by atoms with Gasteiger partial charge in [-0.2, -0.15) is 0 Å². The van der Waals surface area contributed by atoms with E-state index < -0.39 is 5.60 Å². The molecule has 1 heterocycles. The summed E-state index contributed by atoms with van der Waals surface area (Å²) in [6, 6.07) is 0. The number of hydrogen-bond acceptors (Lipinski definition) is 4. The van der Waals surface area contributed by atoms with Crippen LogP contribution in [0.4, 0.5) is 4.79 Å². The number of carbonyl (C=O) groups excluding carboxylic acids is 1. The second kappa shape index (κ2) is 10.9. The van der Waals surface area contributed by atoms with E-state index in [0.717, 1.165) is 12.8 Å². The molecule has 0 radical (unpaired) electrons. The third-order valence-corrected chi connectivity index (χ3v) is 3.40. The first-order valence-corrected chi connectivity index (χ1v) is 7.82. The molecule has 0 unspecified atom stereocenters. The van der Waals surface area contributed by atoms with Crippen LogP contribution in [0.25, 0.3) is 0 Å². The smallest absolute Gasteiger partial charge is 0.410 e. The number of amides is 1. The lowest BCUT2D eigenvalue weighted by Gasteiger charge is -2.33. The molecular weight excluding hydrogens is 411 g/mol. The van der Waals surface area contributed by atoms with Crippen molar-refractivity contribution in [1.82, 2.24) is 10.2 Å². The molecule has 0 atom stereocenters. The first-order valence-electron chi connectivity index (χ1n) is 7.82. The molecule has 0 aromatic rings. The largest absolute Gasteiger partial charge is 0.444 e. The van der Waals surface area contributed by atoms with Crippen LogP contribution in [0.2, 0.25) is 0 Å². The summed E-state index contributed by atoms with van der Waals surface area (Å²) in [5.41, 5.74) is 5.33. The number of hydrogen-bond donors (Lipinski definition) is 2. The number of halogens is 1. The maximum Gasteiger partial charge on any atom is 0.410 e. The van der Waals surface area contributed by atoms with Gasteiger partial charge in [-0.15, -0.1) is 24.0 Å². The predicted octanol–water partition coefficient (Wildman–Crippen LogP) is 1.80.